The van der Waals surface area contributed by atoms with Gasteiger partial charge in [-0.3, -0.25) is 9.59 Å². The normalized spacial score (nSPS) is 13.8. The van der Waals surface area contributed by atoms with Gasteiger partial charge in [-0.1, -0.05) is 47.2 Å². The van der Waals surface area contributed by atoms with Crippen LogP contribution in [0, 0.1) is 0 Å². The fraction of sp³-hybridized carbons (Fsp3) is 0.304. The van der Waals surface area contributed by atoms with Crippen molar-refractivity contribution in [3.8, 4) is 0 Å². The number of anilines is 2. The Bertz CT molecular complexity index is 1070. The maximum absolute atomic E-state index is 12.6. The van der Waals surface area contributed by atoms with Crippen molar-refractivity contribution >= 4 is 46.1 Å². The van der Waals surface area contributed by atoms with E-state index in [2.05, 4.69) is 32.5 Å². The maximum atomic E-state index is 12.6. The van der Waals surface area contributed by atoms with Crippen LogP contribution < -0.4 is 10.2 Å². The number of carbonyl (C=O) groups excluding carboxylic acids is 2. The monoisotopic (exact) mass is 469 g/mol. The first-order valence-electron chi connectivity index (χ1n) is 10.6. The molecule has 3 aromatic rings. The number of carbonyl (C=O) groups is 2. The van der Waals surface area contributed by atoms with Crippen LogP contribution in [0.1, 0.15) is 27.7 Å². The van der Waals surface area contributed by atoms with E-state index in [4.69, 9.17) is 11.6 Å². The van der Waals surface area contributed by atoms with Crippen LogP contribution in [0.15, 0.2) is 54.6 Å². The number of hydrogen-bond donors (Lipinski definition) is 1. The summed E-state index contributed by atoms with van der Waals surface area (Å²) in [5.74, 6) is -0.149. The molecule has 7 nitrogen and oxygen atoms in total. The summed E-state index contributed by atoms with van der Waals surface area (Å²) >= 11 is 7.19. The molecule has 1 N–H and O–H groups in total. The Hall–Kier alpha value is -2.97. The number of halogens is 1. The van der Waals surface area contributed by atoms with Crippen LogP contribution in [0.5, 0.6) is 0 Å². The second kappa shape index (κ2) is 10.6. The predicted molar refractivity (Wildman–Crippen MR) is 127 cm³/mol. The van der Waals surface area contributed by atoms with Crippen LogP contribution in [0.25, 0.3) is 0 Å². The molecule has 0 aliphatic carbocycles. The molecule has 2 aromatic carbocycles. The van der Waals surface area contributed by atoms with E-state index in [-0.39, 0.29) is 11.8 Å². The molecule has 1 aromatic heterocycles. The highest BCUT2D eigenvalue weighted by molar-refractivity contribution is 7.13. The molecule has 2 amide bonds. The van der Waals surface area contributed by atoms with Gasteiger partial charge in [0.25, 0.3) is 5.91 Å². The van der Waals surface area contributed by atoms with Crippen molar-refractivity contribution in [2.24, 2.45) is 0 Å². The summed E-state index contributed by atoms with van der Waals surface area (Å²) in [4.78, 5) is 29.2. The molecule has 9 heteroatoms. The summed E-state index contributed by atoms with van der Waals surface area (Å²) in [6, 6.07) is 17.2. The number of para-hydroxylation sites is 1. The van der Waals surface area contributed by atoms with Gasteiger partial charge >= 0.3 is 0 Å². The number of aryl methyl sites for hydroxylation is 1. The minimum atomic E-state index is -0.316. The third-order valence-corrected chi connectivity index (χ3v) is 6.50. The van der Waals surface area contributed by atoms with Crippen LogP contribution in [-0.4, -0.2) is 53.1 Å². The Morgan fingerprint density at radius 1 is 1.00 bits per heavy atom. The van der Waals surface area contributed by atoms with Gasteiger partial charge < -0.3 is 15.1 Å². The Morgan fingerprint density at radius 3 is 2.53 bits per heavy atom. The topological polar surface area (TPSA) is 78.4 Å². The van der Waals surface area contributed by atoms with E-state index in [1.807, 2.05) is 23.1 Å². The molecular formula is C23H24ClN5O2S. The molecule has 0 bridgehead atoms. The second-order valence-corrected chi connectivity index (χ2v) is 9.02. The molecule has 166 valence electrons. The van der Waals surface area contributed by atoms with E-state index < -0.39 is 0 Å². The molecule has 2 heterocycles. The number of benzene rings is 2. The number of nitrogens with one attached hydrogen (secondary N) is 1. The first-order chi connectivity index (χ1) is 15.6. The van der Waals surface area contributed by atoms with E-state index >= 15 is 0 Å². The lowest BCUT2D eigenvalue weighted by atomic mass is 10.2. The summed E-state index contributed by atoms with van der Waals surface area (Å²) in [7, 11) is 0. The van der Waals surface area contributed by atoms with Crippen LogP contribution >= 0.6 is 22.9 Å². The molecule has 4 rings (SSSR count). The predicted octanol–water partition coefficient (Wildman–Crippen LogP) is 4.12. The third kappa shape index (κ3) is 5.83. The Morgan fingerprint density at radius 2 is 1.78 bits per heavy atom. The Balaban J connectivity index is 1.20. The zero-order chi connectivity index (χ0) is 22.3. The largest absolute Gasteiger partial charge is 0.368 e. The third-order valence-electron chi connectivity index (χ3n) is 5.28. The van der Waals surface area contributed by atoms with E-state index in [9.17, 15) is 9.59 Å². The van der Waals surface area contributed by atoms with Crippen molar-refractivity contribution in [3.05, 3.63) is 69.6 Å². The molecule has 0 saturated carbocycles. The fourth-order valence-corrected chi connectivity index (χ4v) is 4.57. The molecule has 0 spiro atoms. The standard InChI is InChI=1S/C23H24ClN5O2S/c24-17-6-4-7-18(16-17)25-22(31)23-27-26-20(32-23)10-5-11-21(30)29-14-12-28(13-15-29)19-8-2-1-3-9-19/h1-4,6-9,16H,5,10-15H2,(H,25,31). The summed E-state index contributed by atoms with van der Waals surface area (Å²) in [6.45, 7) is 3.16. The molecule has 32 heavy (non-hydrogen) atoms. The van der Waals surface area contributed by atoms with Crippen LogP contribution in [0.3, 0.4) is 0 Å². The first-order valence-corrected chi connectivity index (χ1v) is 11.7. The average molecular weight is 470 g/mol. The molecular weight excluding hydrogens is 446 g/mol. The van der Waals surface area contributed by atoms with Gasteiger partial charge in [0.05, 0.1) is 0 Å². The lowest BCUT2D eigenvalue weighted by molar-refractivity contribution is -0.131. The minimum absolute atomic E-state index is 0.168. The van der Waals surface area contributed by atoms with Gasteiger partial charge in [-0.05, 0) is 36.8 Å². The summed E-state index contributed by atoms with van der Waals surface area (Å²) in [5, 5.41) is 12.4. The van der Waals surface area contributed by atoms with Gasteiger partial charge in [0.15, 0.2) is 0 Å². The fourth-order valence-electron chi connectivity index (χ4n) is 3.60. The first kappa shape index (κ1) is 22.2. The SMILES string of the molecule is O=C(Nc1cccc(Cl)c1)c1nnc(CCCC(=O)N2CCN(c3ccccc3)CC2)s1. The van der Waals surface area contributed by atoms with Gasteiger partial charge in [-0.2, -0.15) is 0 Å². The number of piperazine rings is 1. The summed E-state index contributed by atoms with van der Waals surface area (Å²) in [5.41, 5.74) is 1.81. The van der Waals surface area contributed by atoms with Gasteiger partial charge in [0.1, 0.15) is 5.01 Å². The van der Waals surface area contributed by atoms with E-state index in [0.29, 0.717) is 35.0 Å². The molecule has 0 atom stereocenters. The second-order valence-electron chi connectivity index (χ2n) is 7.52. The smallest absolute Gasteiger partial charge is 0.286 e. The highest BCUT2D eigenvalue weighted by Crippen LogP contribution is 2.19. The van der Waals surface area contributed by atoms with Crippen LogP contribution in [0.4, 0.5) is 11.4 Å². The highest BCUT2D eigenvalue weighted by Gasteiger charge is 2.21. The van der Waals surface area contributed by atoms with Gasteiger partial charge in [0.2, 0.25) is 10.9 Å². The molecule has 0 unspecified atom stereocenters. The molecule has 1 saturated heterocycles. The van der Waals surface area contributed by atoms with Gasteiger partial charge in [-0.15, -0.1) is 10.2 Å². The van der Waals surface area contributed by atoms with E-state index in [1.165, 1.54) is 17.0 Å². The molecule has 1 fully saturated rings. The van der Waals surface area contributed by atoms with Crippen molar-refractivity contribution in [3.63, 3.8) is 0 Å². The van der Waals surface area contributed by atoms with Gasteiger partial charge in [-0.25, -0.2) is 0 Å². The van der Waals surface area contributed by atoms with Crippen molar-refractivity contribution < 1.29 is 9.59 Å². The molecule has 1 aliphatic rings. The number of hydrogen-bond acceptors (Lipinski definition) is 6. The van der Waals surface area contributed by atoms with E-state index in [1.54, 1.807) is 24.3 Å². The zero-order valence-corrected chi connectivity index (χ0v) is 19.1. The van der Waals surface area contributed by atoms with Gasteiger partial charge in [0, 0.05) is 55.4 Å². The van der Waals surface area contributed by atoms with Crippen molar-refractivity contribution in [2.75, 3.05) is 36.4 Å². The zero-order valence-electron chi connectivity index (χ0n) is 17.5. The quantitative estimate of drug-likeness (QED) is 0.563. The number of amides is 2. The number of rotatable bonds is 7. The van der Waals surface area contributed by atoms with Crippen molar-refractivity contribution in [2.45, 2.75) is 19.3 Å². The summed E-state index contributed by atoms with van der Waals surface area (Å²) in [6.07, 6.45) is 1.77. The Labute approximate surface area is 196 Å². The minimum Gasteiger partial charge on any atom is -0.368 e. The molecule has 0 radical (unpaired) electrons. The highest BCUT2D eigenvalue weighted by atomic mass is 35.5. The van der Waals surface area contributed by atoms with Crippen molar-refractivity contribution in [1.82, 2.24) is 15.1 Å². The van der Waals surface area contributed by atoms with Crippen LogP contribution in [0.2, 0.25) is 5.02 Å². The molecule has 1 aliphatic heterocycles. The number of nitrogens with zero attached hydrogens (tertiary/aromatic N) is 4. The number of aromatic nitrogens is 2. The Kier molecular flexibility index (Phi) is 7.34. The maximum Gasteiger partial charge on any atom is 0.286 e. The summed E-state index contributed by atoms with van der Waals surface area (Å²) < 4.78 is 0. The lowest BCUT2D eigenvalue weighted by Gasteiger charge is -2.36. The lowest BCUT2D eigenvalue weighted by Crippen LogP contribution is -2.48. The van der Waals surface area contributed by atoms with Crippen molar-refractivity contribution in [1.29, 1.82) is 0 Å². The van der Waals surface area contributed by atoms with Crippen LogP contribution in [-0.2, 0) is 11.2 Å². The average Bonchev–Trinajstić information content (AvgIpc) is 3.29. The van der Waals surface area contributed by atoms with E-state index in [0.717, 1.165) is 31.2 Å².